The standard InChI is InChI=1S/C21H17N3O3S2/c1-12(25)23-14-3-5-15(6-4-14)24-20(26)19(29-21(24)28)9-13-11-22-18-8-7-16(27-2)10-17(13)18/h3-11,26H,1-2H3,(H,23,25)/b13-9+. The number of carbonyl (C=O) groups excluding carboxylic acids is 1. The van der Waals surface area contributed by atoms with E-state index in [1.54, 1.807) is 42.2 Å². The molecular formula is C21H17N3O3S2. The van der Waals surface area contributed by atoms with Gasteiger partial charge in [-0.25, -0.2) is 0 Å². The minimum atomic E-state index is -0.142. The van der Waals surface area contributed by atoms with Gasteiger partial charge in [0.1, 0.15) is 5.75 Å². The van der Waals surface area contributed by atoms with Gasteiger partial charge in [0.15, 0.2) is 3.95 Å². The van der Waals surface area contributed by atoms with E-state index in [1.165, 1.54) is 18.3 Å². The molecule has 146 valence electrons. The average Bonchev–Trinajstić information content (AvgIpc) is 3.22. The molecule has 0 radical (unpaired) electrons. The van der Waals surface area contributed by atoms with Gasteiger partial charge in [0.05, 0.1) is 23.4 Å². The monoisotopic (exact) mass is 423 g/mol. The SMILES string of the molecule is COc1ccc2c(c1)/C(=C/c1sc(=S)n(-c3ccc(NC(C)=O)cc3)c1O)C=N2. The molecule has 6 nitrogen and oxygen atoms in total. The van der Waals surface area contributed by atoms with Crippen molar-refractivity contribution in [2.24, 2.45) is 4.99 Å². The van der Waals surface area contributed by atoms with Gasteiger partial charge in [0, 0.05) is 30.0 Å². The molecule has 2 heterocycles. The topological polar surface area (TPSA) is 75.8 Å². The predicted molar refractivity (Wildman–Crippen MR) is 119 cm³/mol. The van der Waals surface area contributed by atoms with Gasteiger partial charge in [-0.1, -0.05) is 0 Å². The van der Waals surface area contributed by atoms with Crippen molar-refractivity contribution >= 4 is 58.7 Å². The number of aromatic hydroxyl groups is 1. The number of thiazole rings is 1. The fraction of sp³-hybridized carbons (Fsp3) is 0.0952. The largest absolute Gasteiger partial charge is 0.497 e. The van der Waals surface area contributed by atoms with Gasteiger partial charge in [-0.05, 0) is 60.8 Å². The molecule has 2 aromatic carbocycles. The Kier molecular flexibility index (Phi) is 5.04. The molecule has 0 aliphatic carbocycles. The highest BCUT2D eigenvalue weighted by Crippen LogP contribution is 2.38. The first kappa shape index (κ1) is 19.1. The number of benzene rings is 2. The Morgan fingerprint density at radius 2 is 2.03 bits per heavy atom. The third-order valence-electron chi connectivity index (χ3n) is 4.40. The van der Waals surface area contributed by atoms with Crippen molar-refractivity contribution in [3.63, 3.8) is 0 Å². The molecule has 0 saturated carbocycles. The van der Waals surface area contributed by atoms with Gasteiger partial charge in [-0.2, -0.15) is 0 Å². The van der Waals surface area contributed by atoms with E-state index in [9.17, 15) is 9.90 Å². The minimum Gasteiger partial charge on any atom is -0.497 e. The normalized spacial score (nSPS) is 13.5. The molecule has 29 heavy (non-hydrogen) atoms. The summed E-state index contributed by atoms with van der Waals surface area (Å²) >= 11 is 6.78. The lowest BCUT2D eigenvalue weighted by Crippen LogP contribution is -2.05. The summed E-state index contributed by atoms with van der Waals surface area (Å²) in [5, 5.41) is 13.5. The number of fused-ring (bicyclic) bond motifs is 1. The maximum atomic E-state index is 11.2. The molecule has 1 aliphatic rings. The summed E-state index contributed by atoms with van der Waals surface area (Å²) in [4.78, 5) is 16.2. The van der Waals surface area contributed by atoms with Crippen molar-refractivity contribution in [2.75, 3.05) is 12.4 Å². The number of allylic oxidation sites excluding steroid dienone is 1. The fourth-order valence-electron chi connectivity index (χ4n) is 3.05. The third-order valence-corrected chi connectivity index (χ3v) is 5.71. The number of hydrogen-bond acceptors (Lipinski definition) is 6. The highest BCUT2D eigenvalue weighted by atomic mass is 32.1. The van der Waals surface area contributed by atoms with Crippen LogP contribution in [0.15, 0.2) is 47.5 Å². The van der Waals surface area contributed by atoms with Gasteiger partial charge in [-0.3, -0.25) is 14.4 Å². The molecule has 3 aromatic rings. The lowest BCUT2D eigenvalue weighted by Gasteiger charge is -2.07. The molecule has 1 amide bonds. The predicted octanol–water partition coefficient (Wildman–Crippen LogP) is 5.20. The van der Waals surface area contributed by atoms with E-state index in [1.807, 2.05) is 24.3 Å². The molecule has 0 unspecified atom stereocenters. The van der Waals surface area contributed by atoms with E-state index < -0.39 is 0 Å². The van der Waals surface area contributed by atoms with Crippen molar-refractivity contribution < 1.29 is 14.6 Å². The summed E-state index contributed by atoms with van der Waals surface area (Å²) in [5.41, 5.74) is 4.06. The van der Waals surface area contributed by atoms with Crippen LogP contribution in [0.2, 0.25) is 0 Å². The average molecular weight is 424 g/mol. The maximum Gasteiger partial charge on any atom is 0.221 e. The Balaban J connectivity index is 1.71. The van der Waals surface area contributed by atoms with Crippen LogP contribution in [-0.2, 0) is 4.79 Å². The van der Waals surface area contributed by atoms with Gasteiger partial charge in [0.25, 0.3) is 0 Å². The number of hydrogen-bond donors (Lipinski definition) is 2. The molecular weight excluding hydrogens is 406 g/mol. The van der Waals surface area contributed by atoms with Crippen molar-refractivity contribution in [3.8, 4) is 17.3 Å². The first-order valence-corrected chi connectivity index (χ1v) is 9.96. The minimum absolute atomic E-state index is 0.0597. The number of aliphatic imine (C=N–C) groups is 1. The number of rotatable bonds is 4. The van der Waals surface area contributed by atoms with E-state index in [2.05, 4.69) is 10.3 Å². The molecule has 1 aliphatic heterocycles. The Morgan fingerprint density at radius 3 is 2.72 bits per heavy atom. The van der Waals surface area contributed by atoms with Crippen LogP contribution in [0.1, 0.15) is 17.4 Å². The molecule has 4 rings (SSSR count). The lowest BCUT2D eigenvalue weighted by atomic mass is 10.1. The van der Waals surface area contributed by atoms with Crippen molar-refractivity contribution in [3.05, 3.63) is 56.9 Å². The lowest BCUT2D eigenvalue weighted by molar-refractivity contribution is -0.114. The van der Waals surface area contributed by atoms with Crippen LogP contribution in [0, 0.1) is 3.95 Å². The van der Waals surface area contributed by atoms with E-state index in [4.69, 9.17) is 17.0 Å². The molecule has 2 N–H and O–H groups in total. The Morgan fingerprint density at radius 1 is 1.28 bits per heavy atom. The first-order valence-electron chi connectivity index (χ1n) is 8.73. The number of methoxy groups -OCH3 is 1. The number of nitrogens with zero attached hydrogens (tertiary/aromatic N) is 2. The van der Waals surface area contributed by atoms with Gasteiger partial charge < -0.3 is 15.2 Å². The Bertz CT molecular complexity index is 1220. The number of carbonyl (C=O) groups is 1. The summed E-state index contributed by atoms with van der Waals surface area (Å²) in [6.45, 7) is 1.45. The molecule has 0 spiro atoms. The number of amides is 1. The van der Waals surface area contributed by atoms with Gasteiger partial charge in [0.2, 0.25) is 11.8 Å². The second kappa shape index (κ2) is 7.65. The smallest absolute Gasteiger partial charge is 0.221 e. The maximum absolute atomic E-state index is 11.2. The van der Waals surface area contributed by atoms with E-state index in [-0.39, 0.29) is 11.8 Å². The number of anilines is 1. The summed E-state index contributed by atoms with van der Waals surface area (Å²) in [7, 11) is 1.62. The number of aromatic nitrogens is 1. The van der Waals surface area contributed by atoms with Crippen LogP contribution < -0.4 is 10.1 Å². The van der Waals surface area contributed by atoms with Crippen molar-refractivity contribution in [1.29, 1.82) is 0 Å². The van der Waals surface area contributed by atoms with Crippen LogP contribution in [0.3, 0.4) is 0 Å². The molecule has 0 atom stereocenters. The molecule has 0 saturated heterocycles. The van der Waals surface area contributed by atoms with Crippen molar-refractivity contribution in [2.45, 2.75) is 6.92 Å². The molecule has 0 fully saturated rings. The van der Waals surface area contributed by atoms with E-state index >= 15 is 0 Å². The van der Waals surface area contributed by atoms with Crippen LogP contribution in [0.5, 0.6) is 11.6 Å². The zero-order valence-corrected chi connectivity index (χ0v) is 17.3. The molecule has 1 aromatic heterocycles. The highest BCUT2D eigenvalue weighted by Gasteiger charge is 2.17. The zero-order chi connectivity index (χ0) is 20.5. The molecule has 0 bridgehead atoms. The zero-order valence-electron chi connectivity index (χ0n) is 15.7. The fourth-order valence-corrected chi connectivity index (χ4v) is 4.35. The van der Waals surface area contributed by atoms with Crippen LogP contribution >= 0.6 is 23.6 Å². The van der Waals surface area contributed by atoms with Crippen LogP contribution in [0.4, 0.5) is 11.4 Å². The summed E-state index contributed by atoms with van der Waals surface area (Å²) < 4.78 is 7.42. The summed E-state index contributed by atoms with van der Waals surface area (Å²) in [6, 6.07) is 12.8. The first-order chi connectivity index (χ1) is 14.0. The second-order valence-corrected chi connectivity index (χ2v) is 8.04. The van der Waals surface area contributed by atoms with Gasteiger partial charge in [-0.15, -0.1) is 11.3 Å². The Labute approximate surface area is 176 Å². The van der Waals surface area contributed by atoms with Crippen molar-refractivity contribution in [1.82, 2.24) is 4.57 Å². The number of ether oxygens (including phenoxy) is 1. The van der Waals surface area contributed by atoms with E-state index in [0.717, 1.165) is 22.6 Å². The third kappa shape index (κ3) is 3.72. The van der Waals surface area contributed by atoms with Crippen LogP contribution in [-0.4, -0.2) is 28.9 Å². The van der Waals surface area contributed by atoms with E-state index in [0.29, 0.717) is 20.2 Å². The number of nitrogens with one attached hydrogen (secondary N) is 1. The summed E-state index contributed by atoms with van der Waals surface area (Å²) in [5.74, 6) is 0.662. The highest BCUT2D eigenvalue weighted by molar-refractivity contribution is 7.73. The van der Waals surface area contributed by atoms with Gasteiger partial charge >= 0.3 is 0 Å². The Hall–Kier alpha value is -3.23. The quantitative estimate of drug-likeness (QED) is 0.566. The molecule has 8 heteroatoms. The summed E-state index contributed by atoms with van der Waals surface area (Å²) in [6.07, 6.45) is 3.63. The van der Waals surface area contributed by atoms with Crippen LogP contribution in [0.25, 0.3) is 17.3 Å². The second-order valence-electron chi connectivity index (χ2n) is 6.36.